The van der Waals surface area contributed by atoms with Gasteiger partial charge in [0.2, 0.25) is 10.9 Å². The minimum atomic E-state index is -2.97. The van der Waals surface area contributed by atoms with E-state index in [9.17, 15) is 18.3 Å². The molecular weight excluding hydrogens is 344 g/mol. The molecule has 3 rings (SSSR count). The van der Waals surface area contributed by atoms with Gasteiger partial charge in [-0.3, -0.25) is 0 Å². The molecule has 0 fully saturated rings. The van der Waals surface area contributed by atoms with Gasteiger partial charge in [-0.2, -0.15) is 5.10 Å². The van der Waals surface area contributed by atoms with E-state index in [1.807, 2.05) is 19.9 Å². The summed E-state index contributed by atoms with van der Waals surface area (Å²) in [7, 11) is -2.97. The molecule has 134 valence electrons. The first-order valence-electron chi connectivity index (χ1n) is 7.96. The monoisotopic (exact) mass is 364 g/mol. The maximum atomic E-state index is 12.1. The second kappa shape index (κ2) is 6.75. The van der Waals surface area contributed by atoms with Gasteiger partial charge < -0.3 is 10.0 Å². The predicted molar refractivity (Wildman–Crippen MR) is 93.6 cm³/mol. The van der Waals surface area contributed by atoms with Gasteiger partial charge >= 0.3 is 6.09 Å². The van der Waals surface area contributed by atoms with Crippen LogP contribution in [-0.2, 0) is 23.9 Å². The number of thiol groups is 1. The second-order valence-electron chi connectivity index (χ2n) is 6.15. The van der Waals surface area contributed by atoms with Gasteiger partial charge in [0, 0.05) is 18.7 Å². The first-order valence-corrected chi connectivity index (χ1v) is 9.09. The second-order valence-corrected chi connectivity index (χ2v) is 7.02. The van der Waals surface area contributed by atoms with Gasteiger partial charge in [-0.05, 0) is 37.5 Å². The number of nitrogens with zero attached hydrogens (tertiary/aromatic N) is 4. The Morgan fingerprint density at radius 2 is 2.08 bits per heavy atom. The average Bonchev–Trinajstić information content (AvgIpc) is 3.04. The number of anilines is 2. The molecule has 1 N–H and O–H groups in total. The lowest BCUT2D eigenvalue weighted by molar-refractivity contribution is 0.140. The molecule has 1 aromatic carbocycles. The van der Waals surface area contributed by atoms with E-state index in [1.165, 1.54) is 9.21 Å². The summed E-state index contributed by atoms with van der Waals surface area (Å²) < 4.78 is 27.0. The predicted octanol–water partition coefficient (Wildman–Crippen LogP) is 2.16. The minimum Gasteiger partial charge on any atom is -0.465 e. The van der Waals surface area contributed by atoms with Crippen LogP contribution in [0, 0.1) is 0 Å². The Bertz CT molecular complexity index is 867. The zero-order valence-corrected chi connectivity index (χ0v) is 14.9. The van der Waals surface area contributed by atoms with Gasteiger partial charge in [0.15, 0.2) is 0 Å². The molecule has 1 aliphatic heterocycles. The van der Waals surface area contributed by atoms with E-state index >= 15 is 0 Å². The third kappa shape index (κ3) is 3.19. The Hall–Kier alpha value is -2.55. The van der Waals surface area contributed by atoms with Crippen molar-refractivity contribution in [3.63, 3.8) is 0 Å². The fraction of sp³-hybridized carbons (Fsp3) is 0.375. The van der Waals surface area contributed by atoms with Crippen molar-refractivity contribution in [3.8, 4) is 0 Å². The molecule has 1 amide bonds. The van der Waals surface area contributed by atoms with Crippen LogP contribution in [0.3, 0.4) is 0 Å². The van der Waals surface area contributed by atoms with Crippen LogP contribution in [0.1, 0.15) is 31.0 Å². The zero-order valence-electron chi connectivity index (χ0n) is 14.0. The Morgan fingerprint density at radius 3 is 2.72 bits per heavy atom. The summed E-state index contributed by atoms with van der Waals surface area (Å²) >= 11 is 0. The average molecular weight is 364 g/mol. The van der Waals surface area contributed by atoms with Crippen LogP contribution in [0.25, 0.3) is 0 Å². The number of fused-ring (bicyclic) bond motifs is 1. The number of carbonyl (C=O) groups is 1. The van der Waals surface area contributed by atoms with Gasteiger partial charge in [-0.25, -0.2) is 22.2 Å². The highest BCUT2D eigenvalue weighted by atomic mass is 32.2. The SMILES string of the molecule is CC(C)n1nccc1N(c1cccc2c1CN(C(=O)O)CC2)[SH](=O)=O. The Kier molecular flexibility index (Phi) is 4.67. The summed E-state index contributed by atoms with van der Waals surface area (Å²) in [5.41, 5.74) is 2.15. The number of carboxylic acid groups (broad SMARTS) is 1. The quantitative estimate of drug-likeness (QED) is 0.811. The molecule has 0 saturated carbocycles. The molecule has 1 aliphatic rings. The van der Waals surface area contributed by atoms with Gasteiger partial charge in [0.05, 0.1) is 18.4 Å². The molecule has 0 aliphatic carbocycles. The van der Waals surface area contributed by atoms with E-state index in [0.717, 1.165) is 5.56 Å². The Balaban J connectivity index is 2.13. The zero-order chi connectivity index (χ0) is 18.1. The molecule has 2 heterocycles. The Morgan fingerprint density at radius 1 is 1.32 bits per heavy atom. The molecule has 2 aromatic rings. The largest absolute Gasteiger partial charge is 0.465 e. The van der Waals surface area contributed by atoms with Crippen molar-refractivity contribution < 1.29 is 18.3 Å². The van der Waals surface area contributed by atoms with Crippen LogP contribution in [0.2, 0.25) is 0 Å². The van der Waals surface area contributed by atoms with Crippen LogP contribution in [0.5, 0.6) is 0 Å². The lowest BCUT2D eigenvalue weighted by atomic mass is 9.98. The third-order valence-corrected chi connectivity index (χ3v) is 5.01. The summed E-state index contributed by atoms with van der Waals surface area (Å²) in [5.74, 6) is 0.437. The van der Waals surface area contributed by atoms with Crippen molar-refractivity contribution in [2.75, 3.05) is 10.8 Å². The molecular formula is C16H20N4O4S. The van der Waals surface area contributed by atoms with Crippen molar-refractivity contribution in [1.82, 2.24) is 14.7 Å². The molecule has 8 nitrogen and oxygen atoms in total. The van der Waals surface area contributed by atoms with Gasteiger partial charge in [0.1, 0.15) is 5.82 Å². The highest BCUT2D eigenvalue weighted by Gasteiger charge is 2.27. The third-order valence-electron chi connectivity index (χ3n) is 4.27. The van der Waals surface area contributed by atoms with Crippen LogP contribution < -0.4 is 4.31 Å². The lowest BCUT2D eigenvalue weighted by Crippen LogP contribution is -2.35. The van der Waals surface area contributed by atoms with Gasteiger partial charge in [-0.1, -0.05) is 12.1 Å². The summed E-state index contributed by atoms with van der Waals surface area (Å²) in [6, 6.07) is 7.04. The number of amides is 1. The summed E-state index contributed by atoms with van der Waals surface area (Å²) in [4.78, 5) is 12.6. The number of aromatic nitrogens is 2. The summed E-state index contributed by atoms with van der Waals surface area (Å²) in [6.07, 6.45) is 1.11. The van der Waals surface area contributed by atoms with Crippen molar-refractivity contribution >= 4 is 28.5 Å². The van der Waals surface area contributed by atoms with Crippen molar-refractivity contribution in [2.24, 2.45) is 0 Å². The van der Waals surface area contributed by atoms with Gasteiger partial charge in [-0.15, -0.1) is 0 Å². The van der Waals surface area contributed by atoms with E-state index in [-0.39, 0.29) is 12.6 Å². The van der Waals surface area contributed by atoms with Crippen LogP contribution in [-0.4, -0.2) is 40.8 Å². The van der Waals surface area contributed by atoms with Crippen molar-refractivity contribution in [3.05, 3.63) is 41.6 Å². The first kappa shape index (κ1) is 17.3. The van der Waals surface area contributed by atoms with Crippen LogP contribution in [0.15, 0.2) is 30.5 Å². The topological polar surface area (TPSA) is 95.7 Å². The number of benzene rings is 1. The smallest absolute Gasteiger partial charge is 0.407 e. The first-order chi connectivity index (χ1) is 11.9. The highest BCUT2D eigenvalue weighted by Crippen LogP contribution is 2.34. The maximum Gasteiger partial charge on any atom is 0.407 e. The van der Waals surface area contributed by atoms with Crippen LogP contribution >= 0.6 is 0 Å². The molecule has 0 atom stereocenters. The number of hydrogen-bond donors (Lipinski definition) is 2. The molecule has 9 heteroatoms. The molecule has 0 saturated heterocycles. The van der Waals surface area contributed by atoms with Crippen molar-refractivity contribution in [2.45, 2.75) is 32.9 Å². The highest BCUT2D eigenvalue weighted by molar-refractivity contribution is 7.74. The van der Waals surface area contributed by atoms with Crippen molar-refractivity contribution in [1.29, 1.82) is 0 Å². The molecule has 25 heavy (non-hydrogen) atoms. The van der Waals surface area contributed by atoms with E-state index in [4.69, 9.17) is 0 Å². The molecule has 0 radical (unpaired) electrons. The van der Waals surface area contributed by atoms with Gasteiger partial charge in [0.25, 0.3) is 0 Å². The van der Waals surface area contributed by atoms with E-state index in [0.29, 0.717) is 30.0 Å². The summed E-state index contributed by atoms with van der Waals surface area (Å²) in [5, 5.41) is 13.5. The normalized spacial score (nSPS) is 14.0. The Labute approximate surface area is 147 Å². The minimum absolute atomic E-state index is 0.0162. The lowest BCUT2D eigenvalue weighted by Gasteiger charge is -2.30. The maximum absolute atomic E-state index is 12.1. The van der Waals surface area contributed by atoms with E-state index < -0.39 is 17.0 Å². The molecule has 0 spiro atoms. The number of rotatable bonds is 4. The molecule has 0 bridgehead atoms. The number of hydrogen-bond acceptors (Lipinski definition) is 4. The van der Waals surface area contributed by atoms with E-state index in [2.05, 4.69) is 5.10 Å². The summed E-state index contributed by atoms with van der Waals surface area (Å²) in [6.45, 7) is 4.40. The standard InChI is InChI=1S/C16H20N4O4S/c1-11(2)19-15(6-8-17-19)20(25(23)24)14-5-3-4-12-7-9-18(16(21)22)10-13(12)14/h3-6,8,11,25H,7,9-10H2,1-2H3,(H,21,22). The fourth-order valence-corrected chi connectivity index (χ4v) is 3.78. The molecule has 0 unspecified atom stereocenters. The van der Waals surface area contributed by atoms with E-state index in [1.54, 1.807) is 29.1 Å². The fourth-order valence-electron chi connectivity index (χ4n) is 3.09. The van der Waals surface area contributed by atoms with Crippen LogP contribution in [0.4, 0.5) is 16.3 Å². The molecule has 1 aromatic heterocycles.